The Labute approximate surface area is 66.4 Å². The van der Waals surface area contributed by atoms with Gasteiger partial charge in [-0.25, -0.2) is 4.72 Å². The summed E-state index contributed by atoms with van der Waals surface area (Å²) in [6.45, 7) is 8.81. The van der Waals surface area contributed by atoms with Gasteiger partial charge in [-0.1, -0.05) is 5.57 Å². The van der Waals surface area contributed by atoms with Crippen LogP contribution in [0, 0.1) is 0 Å². The summed E-state index contributed by atoms with van der Waals surface area (Å²) in [4.78, 5) is 0. The van der Waals surface area contributed by atoms with Crippen molar-refractivity contribution >= 4 is 12.2 Å². The van der Waals surface area contributed by atoms with Gasteiger partial charge in [0.25, 0.3) is 0 Å². The third-order valence-electron chi connectivity index (χ3n) is 1.42. The lowest BCUT2D eigenvalue weighted by Gasteiger charge is -2.20. The van der Waals surface area contributed by atoms with Gasteiger partial charge in [0, 0.05) is 0 Å². The lowest BCUT2D eigenvalue weighted by molar-refractivity contribution is 0.295. The van der Waals surface area contributed by atoms with Crippen molar-refractivity contribution in [1.29, 1.82) is 0 Å². The summed E-state index contributed by atoms with van der Waals surface area (Å²) >= 11 is 1.33. The van der Waals surface area contributed by atoms with Crippen LogP contribution in [0.15, 0.2) is 12.2 Å². The molecule has 1 heterocycles. The van der Waals surface area contributed by atoms with E-state index in [2.05, 4.69) is 18.2 Å². The molecule has 0 bridgehead atoms. The van der Waals surface area contributed by atoms with Gasteiger partial charge in [0.2, 0.25) is 0 Å². The van der Waals surface area contributed by atoms with Crippen molar-refractivity contribution in [3.05, 3.63) is 12.2 Å². The first-order valence-electron chi connectivity index (χ1n) is 3.32. The first-order chi connectivity index (χ1) is 4.62. The van der Waals surface area contributed by atoms with Gasteiger partial charge in [-0.15, -0.1) is 6.58 Å². The first-order valence-corrected chi connectivity index (χ1v) is 4.07. The van der Waals surface area contributed by atoms with Gasteiger partial charge < -0.3 is 0 Å². The van der Waals surface area contributed by atoms with Crippen molar-refractivity contribution in [3.63, 3.8) is 0 Å². The Balaban J connectivity index is 2.43. The number of hydrogen-bond acceptors (Lipinski definition) is 3. The van der Waals surface area contributed by atoms with Crippen molar-refractivity contribution in [2.24, 2.45) is 0 Å². The summed E-state index contributed by atoms with van der Waals surface area (Å²) < 4.78 is 8.32. The Morgan fingerprint density at radius 1 is 1.90 bits per heavy atom. The number of hydrogen-bond donors (Lipinski definition) is 1. The highest BCUT2D eigenvalue weighted by atomic mass is 32.2. The van der Waals surface area contributed by atoms with Crippen molar-refractivity contribution in [2.45, 2.75) is 25.8 Å². The van der Waals surface area contributed by atoms with Crippen LogP contribution < -0.4 is 4.72 Å². The van der Waals surface area contributed by atoms with E-state index in [9.17, 15) is 0 Å². The molecule has 0 aromatic heterocycles. The van der Waals surface area contributed by atoms with Gasteiger partial charge in [0.15, 0.2) is 0 Å². The summed E-state index contributed by atoms with van der Waals surface area (Å²) in [5, 5.41) is 0. The third-order valence-corrected chi connectivity index (χ3v) is 2.23. The summed E-state index contributed by atoms with van der Waals surface area (Å²) in [7, 11) is 0. The molecule has 0 aromatic rings. The highest BCUT2D eigenvalue weighted by Crippen LogP contribution is 2.25. The minimum atomic E-state index is 0.108. The molecule has 1 N–H and O–H groups in total. The van der Waals surface area contributed by atoms with Crippen LogP contribution in [-0.2, 0) is 4.18 Å². The normalized spacial score (nSPS) is 32.6. The molecule has 1 rings (SSSR count). The summed E-state index contributed by atoms with van der Waals surface area (Å²) in [6, 6.07) is 0. The van der Waals surface area contributed by atoms with E-state index in [1.807, 2.05) is 6.92 Å². The zero-order valence-corrected chi connectivity index (χ0v) is 7.25. The molecule has 3 heteroatoms. The Kier molecular flexibility index (Phi) is 2.39. The van der Waals surface area contributed by atoms with Crippen LogP contribution in [0.1, 0.15) is 20.3 Å². The molecule has 0 amide bonds. The van der Waals surface area contributed by atoms with Crippen molar-refractivity contribution in [1.82, 2.24) is 4.72 Å². The van der Waals surface area contributed by atoms with E-state index >= 15 is 0 Å². The van der Waals surface area contributed by atoms with E-state index < -0.39 is 0 Å². The number of nitrogens with one attached hydrogen (secondary N) is 1. The predicted molar refractivity (Wildman–Crippen MR) is 44.5 cm³/mol. The molecular weight excluding hydrogens is 146 g/mol. The Bertz CT molecular complexity index is 141. The van der Waals surface area contributed by atoms with Gasteiger partial charge in [0.05, 0.1) is 24.4 Å². The maximum atomic E-state index is 5.13. The lowest BCUT2D eigenvalue weighted by atomic mass is 9.97. The Morgan fingerprint density at radius 3 is 3.00 bits per heavy atom. The summed E-state index contributed by atoms with van der Waals surface area (Å²) in [5.74, 6) is 0. The number of rotatable bonds is 2. The molecule has 1 saturated heterocycles. The molecule has 1 atom stereocenters. The fraction of sp³-hybridized carbons (Fsp3) is 0.714. The topological polar surface area (TPSA) is 21.3 Å². The molecule has 0 saturated carbocycles. The van der Waals surface area contributed by atoms with E-state index in [1.165, 1.54) is 17.8 Å². The smallest absolute Gasteiger partial charge is 0.0820 e. The van der Waals surface area contributed by atoms with Crippen LogP contribution in [0.2, 0.25) is 0 Å². The van der Waals surface area contributed by atoms with Crippen molar-refractivity contribution in [2.75, 3.05) is 6.61 Å². The molecule has 0 spiro atoms. The van der Waals surface area contributed by atoms with Crippen LogP contribution in [0.25, 0.3) is 0 Å². The largest absolute Gasteiger partial charge is 0.299 e. The van der Waals surface area contributed by atoms with Crippen LogP contribution in [0.5, 0.6) is 0 Å². The molecule has 10 heavy (non-hydrogen) atoms. The second-order valence-electron chi connectivity index (χ2n) is 3.14. The lowest BCUT2D eigenvalue weighted by Crippen LogP contribution is -2.36. The molecule has 58 valence electrons. The second-order valence-corrected chi connectivity index (χ2v) is 3.75. The van der Waals surface area contributed by atoms with E-state index in [-0.39, 0.29) is 5.54 Å². The molecule has 1 aliphatic heterocycles. The predicted octanol–water partition coefficient (Wildman–Crippen LogP) is 1.89. The van der Waals surface area contributed by atoms with Crippen LogP contribution in [0.3, 0.4) is 0 Å². The second kappa shape index (κ2) is 2.95. The fourth-order valence-corrected chi connectivity index (χ4v) is 1.78. The van der Waals surface area contributed by atoms with E-state index in [0.29, 0.717) is 0 Å². The van der Waals surface area contributed by atoms with Gasteiger partial charge in [-0.3, -0.25) is 4.18 Å². The standard InChI is InChI=1S/C7H13NOS/c1-6(2)4-7(3)5-9-10-8-7/h8H,1,4-5H2,2-3H3. The van der Waals surface area contributed by atoms with Gasteiger partial charge in [0.1, 0.15) is 0 Å². The van der Waals surface area contributed by atoms with Gasteiger partial charge in [-0.05, 0) is 20.3 Å². The molecule has 0 radical (unpaired) electrons. The SMILES string of the molecule is C=C(C)CC1(C)COSN1. The van der Waals surface area contributed by atoms with Crippen LogP contribution >= 0.6 is 12.2 Å². The molecular formula is C7H13NOS. The van der Waals surface area contributed by atoms with E-state index in [0.717, 1.165) is 13.0 Å². The molecule has 2 nitrogen and oxygen atoms in total. The van der Waals surface area contributed by atoms with E-state index in [1.54, 1.807) is 0 Å². The molecule has 1 unspecified atom stereocenters. The maximum absolute atomic E-state index is 5.13. The van der Waals surface area contributed by atoms with Gasteiger partial charge in [-0.2, -0.15) is 0 Å². The van der Waals surface area contributed by atoms with Gasteiger partial charge >= 0.3 is 0 Å². The van der Waals surface area contributed by atoms with Crippen LogP contribution in [-0.4, -0.2) is 12.1 Å². The molecule has 0 aliphatic carbocycles. The zero-order chi connectivity index (χ0) is 7.61. The van der Waals surface area contributed by atoms with Crippen molar-refractivity contribution in [3.8, 4) is 0 Å². The Morgan fingerprint density at radius 2 is 2.60 bits per heavy atom. The first kappa shape index (κ1) is 8.11. The fourth-order valence-electron chi connectivity index (χ4n) is 1.07. The van der Waals surface area contributed by atoms with E-state index in [4.69, 9.17) is 4.18 Å². The zero-order valence-electron chi connectivity index (χ0n) is 6.44. The average Bonchev–Trinajstić information content (AvgIpc) is 2.12. The monoisotopic (exact) mass is 159 g/mol. The van der Waals surface area contributed by atoms with Crippen LogP contribution in [0.4, 0.5) is 0 Å². The highest BCUT2D eigenvalue weighted by Gasteiger charge is 2.29. The third kappa shape index (κ3) is 2.01. The summed E-state index contributed by atoms with van der Waals surface area (Å²) in [6.07, 6.45) is 0.986. The molecule has 0 aromatic carbocycles. The maximum Gasteiger partial charge on any atom is 0.0820 e. The molecule has 1 fully saturated rings. The quantitative estimate of drug-likeness (QED) is 0.378. The minimum absolute atomic E-state index is 0.108. The molecule has 1 aliphatic rings. The summed E-state index contributed by atoms with van der Waals surface area (Å²) in [5.41, 5.74) is 1.30. The minimum Gasteiger partial charge on any atom is -0.299 e. The highest BCUT2D eigenvalue weighted by molar-refractivity contribution is 7.92. The van der Waals surface area contributed by atoms with Crippen molar-refractivity contribution < 1.29 is 4.18 Å². The Hall–Kier alpha value is 0.01000. The average molecular weight is 159 g/mol.